The SMILES string of the molecule is COc1ccc(C)cc1S(=O)(=O)[C@@H]1CS(=O)(=O)C[C@H]1NCc1ccccn1. The van der Waals surface area contributed by atoms with E-state index in [0.717, 1.165) is 5.56 Å². The minimum atomic E-state index is -3.92. The van der Waals surface area contributed by atoms with E-state index in [-0.39, 0.29) is 22.9 Å². The van der Waals surface area contributed by atoms with Crippen LogP contribution in [-0.4, -0.2) is 51.7 Å². The Morgan fingerprint density at radius 2 is 2.00 bits per heavy atom. The molecule has 146 valence electrons. The van der Waals surface area contributed by atoms with E-state index >= 15 is 0 Å². The first-order valence-corrected chi connectivity index (χ1v) is 11.8. The van der Waals surface area contributed by atoms with E-state index in [1.54, 1.807) is 37.4 Å². The summed E-state index contributed by atoms with van der Waals surface area (Å²) >= 11 is 0. The van der Waals surface area contributed by atoms with Crippen molar-refractivity contribution >= 4 is 19.7 Å². The van der Waals surface area contributed by atoms with E-state index < -0.39 is 36.7 Å². The van der Waals surface area contributed by atoms with Gasteiger partial charge in [0.15, 0.2) is 19.7 Å². The van der Waals surface area contributed by atoms with E-state index in [9.17, 15) is 16.8 Å². The second-order valence-corrected chi connectivity index (χ2v) is 10.9. The van der Waals surface area contributed by atoms with Gasteiger partial charge in [0.1, 0.15) is 10.6 Å². The van der Waals surface area contributed by atoms with Crippen molar-refractivity contribution in [1.29, 1.82) is 0 Å². The molecule has 2 aromatic rings. The molecule has 0 aliphatic carbocycles. The van der Waals surface area contributed by atoms with Crippen molar-refractivity contribution in [1.82, 2.24) is 10.3 Å². The third-order valence-electron chi connectivity index (χ3n) is 4.60. The molecule has 1 N–H and O–H groups in total. The molecule has 0 saturated carbocycles. The quantitative estimate of drug-likeness (QED) is 0.761. The van der Waals surface area contributed by atoms with Crippen LogP contribution in [0.1, 0.15) is 11.3 Å². The van der Waals surface area contributed by atoms with Crippen LogP contribution in [0.25, 0.3) is 0 Å². The van der Waals surface area contributed by atoms with Gasteiger partial charge in [0.25, 0.3) is 0 Å². The maximum Gasteiger partial charge on any atom is 0.187 e. The molecular formula is C18H22N2O5S2. The number of methoxy groups -OCH3 is 1. The van der Waals surface area contributed by atoms with E-state index in [0.29, 0.717) is 5.69 Å². The van der Waals surface area contributed by atoms with Crippen molar-refractivity contribution in [2.24, 2.45) is 0 Å². The third kappa shape index (κ3) is 4.31. The van der Waals surface area contributed by atoms with Crippen LogP contribution in [0.4, 0.5) is 0 Å². The van der Waals surface area contributed by atoms with Gasteiger partial charge in [-0.1, -0.05) is 12.1 Å². The van der Waals surface area contributed by atoms with Gasteiger partial charge >= 0.3 is 0 Å². The first-order valence-electron chi connectivity index (χ1n) is 8.45. The van der Waals surface area contributed by atoms with Gasteiger partial charge in [0.05, 0.1) is 29.6 Å². The van der Waals surface area contributed by atoms with Gasteiger partial charge in [0.2, 0.25) is 0 Å². The Hall–Kier alpha value is -1.97. The molecule has 0 bridgehead atoms. The van der Waals surface area contributed by atoms with Gasteiger partial charge in [-0.05, 0) is 36.8 Å². The predicted octanol–water partition coefficient (Wildman–Crippen LogP) is 1.13. The first-order chi connectivity index (χ1) is 12.7. The Morgan fingerprint density at radius 1 is 1.22 bits per heavy atom. The second-order valence-electron chi connectivity index (χ2n) is 6.62. The zero-order valence-electron chi connectivity index (χ0n) is 15.1. The number of aryl methyl sites for hydroxylation is 1. The summed E-state index contributed by atoms with van der Waals surface area (Å²) in [6, 6.07) is 9.54. The largest absolute Gasteiger partial charge is 0.495 e. The summed E-state index contributed by atoms with van der Waals surface area (Å²) in [5, 5.41) is 1.99. The molecule has 27 heavy (non-hydrogen) atoms. The van der Waals surface area contributed by atoms with E-state index in [4.69, 9.17) is 4.74 Å². The Kier molecular flexibility index (Phi) is 5.55. The summed E-state index contributed by atoms with van der Waals surface area (Å²) in [4.78, 5) is 4.20. The Balaban J connectivity index is 1.93. The van der Waals surface area contributed by atoms with Gasteiger partial charge < -0.3 is 10.1 Å². The number of benzene rings is 1. The third-order valence-corrected chi connectivity index (χ3v) is 8.77. The Bertz CT molecular complexity index is 1020. The highest BCUT2D eigenvalue weighted by Crippen LogP contribution is 2.32. The van der Waals surface area contributed by atoms with Crippen molar-refractivity contribution < 1.29 is 21.6 Å². The summed E-state index contributed by atoms with van der Waals surface area (Å²) in [5.74, 6) is -0.419. The molecule has 1 aliphatic heterocycles. The maximum absolute atomic E-state index is 13.3. The van der Waals surface area contributed by atoms with Gasteiger partial charge in [-0.3, -0.25) is 4.98 Å². The molecule has 1 aromatic heterocycles. The smallest absolute Gasteiger partial charge is 0.187 e. The highest BCUT2D eigenvalue weighted by molar-refractivity contribution is 7.96. The van der Waals surface area contributed by atoms with Crippen LogP contribution in [0.5, 0.6) is 5.75 Å². The Labute approximate surface area is 159 Å². The average molecular weight is 411 g/mol. The van der Waals surface area contributed by atoms with Gasteiger partial charge in [-0.2, -0.15) is 0 Å². The topological polar surface area (TPSA) is 102 Å². The van der Waals surface area contributed by atoms with E-state index in [1.807, 2.05) is 6.07 Å². The summed E-state index contributed by atoms with van der Waals surface area (Å²) in [7, 11) is -5.99. The summed E-state index contributed by atoms with van der Waals surface area (Å²) < 4.78 is 56.2. The molecule has 1 aliphatic rings. The lowest BCUT2D eigenvalue weighted by molar-refractivity contribution is 0.402. The fourth-order valence-corrected chi connectivity index (χ4v) is 8.18. The molecule has 0 radical (unpaired) electrons. The van der Waals surface area contributed by atoms with Crippen molar-refractivity contribution in [3.05, 3.63) is 53.9 Å². The average Bonchev–Trinajstić information content (AvgIpc) is 2.96. The monoisotopic (exact) mass is 410 g/mol. The number of hydrogen-bond acceptors (Lipinski definition) is 7. The zero-order chi connectivity index (χ0) is 19.7. The molecular weight excluding hydrogens is 388 g/mol. The molecule has 1 saturated heterocycles. The number of rotatable bonds is 6. The Morgan fingerprint density at radius 3 is 2.67 bits per heavy atom. The molecule has 1 fully saturated rings. The number of nitrogens with one attached hydrogen (secondary N) is 1. The van der Waals surface area contributed by atoms with Crippen LogP contribution in [0, 0.1) is 6.92 Å². The van der Waals surface area contributed by atoms with Crippen molar-refractivity contribution in [2.75, 3.05) is 18.6 Å². The molecule has 2 heterocycles. The molecule has 0 amide bonds. The van der Waals surface area contributed by atoms with Gasteiger partial charge in [0, 0.05) is 18.8 Å². The first kappa shape index (κ1) is 19.8. The number of aromatic nitrogens is 1. The molecule has 2 atom stereocenters. The molecule has 1 aromatic carbocycles. The second kappa shape index (κ2) is 7.57. The van der Waals surface area contributed by atoms with Crippen LogP contribution in [0.15, 0.2) is 47.5 Å². The molecule has 7 nitrogen and oxygen atoms in total. The zero-order valence-corrected chi connectivity index (χ0v) is 16.8. The van der Waals surface area contributed by atoms with Crippen LogP contribution in [0.2, 0.25) is 0 Å². The normalized spacial score (nSPS) is 21.9. The molecule has 3 rings (SSSR count). The standard InChI is InChI=1S/C18H22N2O5S2/c1-13-6-7-16(25-2)17(9-13)27(23,24)18-12-26(21,22)11-15(18)20-10-14-5-3-4-8-19-14/h3-9,15,18,20H,10-12H2,1-2H3/t15-,18-/m1/s1. The predicted molar refractivity (Wildman–Crippen MR) is 102 cm³/mol. The van der Waals surface area contributed by atoms with Crippen molar-refractivity contribution in [3.8, 4) is 5.75 Å². The van der Waals surface area contributed by atoms with Crippen molar-refractivity contribution in [3.63, 3.8) is 0 Å². The molecule has 0 unspecified atom stereocenters. The minimum absolute atomic E-state index is 0.0248. The lowest BCUT2D eigenvalue weighted by Crippen LogP contribution is -2.43. The summed E-state index contributed by atoms with van der Waals surface area (Å²) in [5.41, 5.74) is 1.47. The molecule has 0 spiro atoms. The summed E-state index contributed by atoms with van der Waals surface area (Å²) in [6.45, 7) is 2.07. The maximum atomic E-state index is 13.3. The van der Waals surface area contributed by atoms with E-state index in [2.05, 4.69) is 10.3 Å². The lowest BCUT2D eigenvalue weighted by atomic mass is 10.2. The fraction of sp³-hybridized carbons (Fsp3) is 0.389. The number of pyridine rings is 1. The minimum Gasteiger partial charge on any atom is -0.495 e. The lowest BCUT2D eigenvalue weighted by Gasteiger charge is -2.21. The number of hydrogen-bond donors (Lipinski definition) is 1. The van der Waals surface area contributed by atoms with Crippen LogP contribution in [0.3, 0.4) is 0 Å². The fourth-order valence-electron chi connectivity index (χ4n) is 3.22. The highest BCUT2D eigenvalue weighted by atomic mass is 32.2. The van der Waals surface area contributed by atoms with Crippen LogP contribution in [-0.2, 0) is 26.2 Å². The molecule has 9 heteroatoms. The van der Waals surface area contributed by atoms with Crippen LogP contribution >= 0.6 is 0 Å². The number of nitrogens with zero attached hydrogens (tertiary/aromatic N) is 1. The van der Waals surface area contributed by atoms with Crippen LogP contribution < -0.4 is 10.1 Å². The summed E-state index contributed by atoms with van der Waals surface area (Å²) in [6.07, 6.45) is 1.63. The number of sulfone groups is 2. The van der Waals surface area contributed by atoms with Gasteiger partial charge in [-0.25, -0.2) is 16.8 Å². The van der Waals surface area contributed by atoms with Crippen molar-refractivity contribution in [2.45, 2.75) is 29.7 Å². The number of ether oxygens (including phenoxy) is 1. The van der Waals surface area contributed by atoms with Gasteiger partial charge in [-0.15, -0.1) is 0 Å². The van der Waals surface area contributed by atoms with E-state index in [1.165, 1.54) is 13.2 Å². The highest BCUT2D eigenvalue weighted by Gasteiger charge is 2.46.